The molecule has 16 heavy (non-hydrogen) atoms. The Morgan fingerprint density at radius 3 is 2.31 bits per heavy atom. The number of carbonyl (C=O) groups is 1. The van der Waals surface area contributed by atoms with Crippen molar-refractivity contribution in [1.29, 1.82) is 0 Å². The second-order valence-electron chi connectivity index (χ2n) is 3.39. The molecule has 1 aromatic carbocycles. The van der Waals surface area contributed by atoms with E-state index in [1.165, 1.54) is 12.1 Å². The normalized spacial score (nSPS) is 13.5. The second kappa shape index (κ2) is 5.12. The summed E-state index contributed by atoms with van der Waals surface area (Å²) in [4.78, 5) is 11.2. The minimum atomic E-state index is -4.37. The Morgan fingerprint density at radius 2 is 1.81 bits per heavy atom. The van der Waals surface area contributed by atoms with Gasteiger partial charge in [0.25, 0.3) is 0 Å². The maximum Gasteiger partial charge on any atom is 0.389 e. The van der Waals surface area contributed by atoms with Crippen LogP contribution in [0.25, 0.3) is 0 Å². The Labute approximate surface area is 90.7 Å². The fourth-order valence-corrected chi connectivity index (χ4v) is 1.22. The first-order chi connectivity index (χ1) is 7.40. The summed E-state index contributed by atoms with van der Waals surface area (Å²) in [7, 11) is 0. The van der Waals surface area contributed by atoms with Crippen molar-refractivity contribution in [2.75, 3.05) is 0 Å². The Hall–Kier alpha value is -1.36. The molecular weight excluding hydrogens is 221 g/mol. The van der Waals surface area contributed by atoms with Gasteiger partial charge in [-0.05, 0) is 5.56 Å². The van der Waals surface area contributed by atoms with Crippen molar-refractivity contribution >= 4 is 5.78 Å². The van der Waals surface area contributed by atoms with Gasteiger partial charge in [-0.3, -0.25) is 4.79 Å². The minimum absolute atomic E-state index is 0.315. The minimum Gasteiger partial charge on any atom is -0.381 e. The molecule has 0 amide bonds. The Morgan fingerprint density at radius 1 is 1.25 bits per heavy atom. The summed E-state index contributed by atoms with van der Waals surface area (Å²) in [6.07, 6.45) is -7.73. The fourth-order valence-electron chi connectivity index (χ4n) is 1.22. The monoisotopic (exact) mass is 232 g/mol. The zero-order valence-corrected chi connectivity index (χ0v) is 8.37. The number of Topliss-reactive ketones (excluding diaryl/α,β-unsaturated/α-hetero) is 1. The van der Waals surface area contributed by atoms with Crippen LogP contribution >= 0.6 is 0 Å². The average Bonchev–Trinajstić information content (AvgIpc) is 2.25. The van der Waals surface area contributed by atoms with E-state index in [9.17, 15) is 23.1 Å². The van der Waals surface area contributed by atoms with E-state index in [2.05, 4.69) is 0 Å². The highest BCUT2D eigenvalue weighted by atomic mass is 19.4. The van der Waals surface area contributed by atoms with Crippen LogP contribution in [-0.2, 0) is 4.79 Å². The summed E-state index contributed by atoms with van der Waals surface area (Å²) >= 11 is 0. The predicted molar refractivity (Wildman–Crippen MR) is 51.7 cm³/mol. The third-order valence-corrected chi connectivity index (χ3v) is 2.08. The topological polar surface area (TPSA) is 37.3 Å². The van der Waals surface area contributed by atoms with Crippen LogP contribution in [0.1, 0.15) is 24.5 Å². The van der Waals surface area contributed by atoms with Crippen LogP contribution in [0.5, 0.6) is 0 Å². The van der Waals surface area contributed by atoms with Crippen LogP contribution in [0.4, 0.5) is 13.2 Å². The highest BCUT2D eigenvalue weighted by Gasteiger charge is 2.29. The SMILES string of the molecule is O=C(CCC(F)(F)F)C(O)c1ccccc1. The van der Waals surface area contributed by atoms with Crippen molar-refractivity contribution in [3.05, 3.63) is 35.9 Å². The molecule has 0 saturated heterocycles. The first kappa shape index (κ1) is 12.7. The molecule has 1 aromatic rings. The number of benzene rings is 1. The summed E-state index contributed by atoms with van der Waals surface area (Å²) in [5, 5.41) is 9.47. The zero-order valence-electron chi connectivity index (χ0n) is 8.37. The van der Waals surface area contributed by atoms with Gasteiger partial charge in [-0.2, -0.15) is 13.2 Å². The van der Waals surface area contributed by atoms with Gasteiger partial charge in [0, 0.05) is 6.42 Å². The molecule has 0 aliphatic carbocycles. The Balaban J connectivity index is 2.55. The lowest BCUT2D eigenvalue weighted by atomic mass is 10.0. The van der Waals surface area contributed by atoms with Crippen molar-refractivity contribution in [1.82, 2.24) is 0 Å². The standard InChI is InChI=1S/C11H11F3O2/c12-11(13,14)7-6-9(15)10(16)8-4-2-1-3-5-8/h1-5,10,16H,6-7H2. The first-order valence-electron chi connectivity index (χ1n) is 4.72. The van der Waals surface area contributed by atoms with E-state index in [0.717, 1.165) is 0 Å². The van der Waals surface area contributed by atoms with Crippen LogP contribution < -0.4 is 0 Å². The third kappa shape index (κ3) is 4.02. The highest BCUT2D eigenvalue weighted by Crippen LogP contribution is 2.24. The number of rotatable bonds is 4. The smallest absolute Gasteiger partial charge is 0.381 e. The van der Waals surface area contributed by atoms with Crippen LogP contribution in [0, 0.1) is 0 Å². The van der Waals surface area contributed by atoms with Gasteiger partial charge in [-0.15, -0.1) is 0 Å². The summed E-state index contributed by atoms with van der Waals surface area (Å²) in [6.45, 7) is 0. The molecule has 1 unspecified atom stereocenters. The quantitative estimate of drug-likeness (QED) is 0.866. The van der Waals surface area contributed by atoms with Gasteiger partial charge >= 0.3 is 6.18 Å². The third-order valence-electron chi connectivity index (χ3n) is 2.08. The molecule has 0 radical (unpaired) electrons. The fraction of sp³-hybridized carbons (Fsp3) is 0.364. The second-order valence-corrected chi connectivity index (χ2v) is 3.39. The van der Waals surface area contributed by atoms with E-state index in [4.69, 9.17) is 0 Å². The van der Waals surface area contributed by atoms with Crippen molar-refractivity contribution in [3.8, 4) is 0 Å². The summed E-state index contributed by atoms with van der Waals surface area (Å²) in [5.41, 5.74) is 0.315. The molecule has 1 N–H and O–H groups in total. The van der Waals surface area contributed by atoms with E-state index < -0.39 is 30.9 Å². The van der Waals surface area contributed by atoms with Crippen LogP contribution in [0.3, 0.4) is 0 Å². The molecule has 5 heteroatoms. The molecule has 1 rings (SSSR count). The number of alkyl halides is 3. The molecule has 0 aromatic heterocycles. The lowest BCUT2D eigenvalue weighted by Gasteiger charge is -2.10. The molecule has 88 valence electrons. The van der Waals surface area contributed by atoms with Gasteiger partial charge in [0.1, 0.15) is 6.10 Å². The summed E-state index contributed by atoms with van der Waals surface area (Å²) in [5.74, 6) is -0.816. The van der Waals surface area contributed by atoms with Crippen molar-refractivity contribution in [2.24, 2.45) is 0 Å². The van der Waals surface area contributed by atoms with E-state index in [1.807, 2.05) is 0 Å². The van der Waals surface area contributed by atoms with Crippen molar-refractivity contribution in [3.63, 3.8) is 0 Å². The molecule has 0 saturated carbocycles. The molecule has 2 nitrogen and oxygen atoms in total. The van der Waals surface area contributed by atoms with E-state index >= 15 is 0 Å². The number of halogens is 3. The maximum atomic E-state index is 11.8. The zero-order chi connectivity index (χ0) is 12.2. The molecule has 0 fully saturated rings. The molecule has 0 aliphatic heterocycles. The van der Waals surface area contributed by atoms with E-state index in [-0.39, 0.29) is 0 Å². The maximum absolute atomic E-state index is 11.8. The van der Waals surface area contributed by atoms with Crippen LogP contribution in [0.15, 0.2) is 30.3 Å². The molecule has 0 aliphatic rings. The molecule has 1 atom stereocenters. The number of aliphatic hydroxyl groups excluding tert-OH is 1. The number of hydrogen-bond acceptors (Lipinski definition) is 2. The molecular formula is C11H11F3O2. The Kier molecular flexibility index (Phi) is 4.06. The number of aliphatic hydroxyl groups is 1. The molecule has 0 bridgehead atoms. The van der Waals surface area contributed by atoms with Crippen LogP contribution in [-0.4, -0.2) is 17.1 Å². The van der Waals surface area contributed by atoms with Gasteiger partial charge < -0.3 is 5.11 Å². The summed E-state index contributed by atoms with van der Waals surface area (Å²) < 4.78 is 35.5. The number of carbonyl (C=O) groups excluding carboxylic acids is 1. The van der Waals surface area contributed by atoms with Gasteiger partial charge in [0.05, 0.1) is 6.42 Å². The lowest BCUT2D eigenvalue weighted by molar-refractivity contribution is -0.146. The van der Waals surface area contributed by atoms with E-state index in [1.54, 1.807) is 18.2 Å². The van der Waals surface area contributed by atoms with Crippen molar-refractivity contribution < 1.29 is 23.1 Å². The first-order valence-corrected chi connectivity index (χ1v) is 4.72. The predicted octanol–water partition coefficient (Wildman–Crippen LogP) is 2.63. The largest absolute Gasteiger partial charge is 0.389 e. The lowest BCUT2D eigenvalue weighted by Crippen LogP contribution is -2.16. The van der Waals surface area contributed by atoms with Crippen molar-refractivity contribution in [2.45, 2.75) is 25.1 Å². The highest BCUT2D eigenvalue weighted by molar-refractivity contribution is 5.84. The van der Waals surface area contributed by atoms with Crippen LogP contribution in [0.2, 0.25) is 0 Å². The van der Waals surface area contributed by atoms with Gasteiger partial charge in [-0.25, -0.2) is 0 Å². The Bertz CT molecular complexity index is 346. The molecule has 0 spiro atoms. The number of ketones is 1. The average molecular weight is 232 g/mol. The molecule has 0 heterocycles. The van der Waals surface area contributed by atoms with E-state index in [0.29, 0.717) is 5.56 Å². The van der Waals surface area contributed by atoms with Gasteiger partial charge in [-0.1, -0.05) is 30.3 Å². The number of hydrogen-bond donors (Lipinski definition) is 1. The summed E-state index contributed by atoms with van der Waals surface area (Å²) in [6, 6.07) is 7.90. The van der Waals surface area contributed by atoms with Gasteiger partial charge in [0.2, 0.25) is 0 Å². The van der Waals surface area contributed by atoms with Gasteiger partial charge in [0.15, 0.2) is 5.78 Å².